The van der Waals surface area contributed by atoms with Gasteiger partial charge in [0, 0.05) is 18.1 Å². The number of para-hydroxylation sites is 1. The summed E-state index contributed by atoms with van der Waals surface area (Å²) < 4.78 is 7.73. The molecule has 0 saturated heterocycles. The predicted octanol–water partition coefficient (Wildman–Crippen LogP) is 2.40. The minimum absolute atomic E-state index is 0.216. The largest absolute Gasteiger partial charge is 0.487 e. The second-order valence-electron chi connectivity index (χ2n) is 4.87. The van der Waals surface area contributed by atoms with Gasteiger partial charge in [-0.25, -0.2) is 0 Å². The molecule has 0 aliphatic heterocycles. The zero-order valence-electron chi connectivity index (χ0n) is 11.6. The minimum atomic E-state index is -0.632. The van der Waals surface area contributed by atoms with Gasteiger partial charge in [-0.2, -0.15) is 0 Å². The summed E-state index contributed by atoms with van der Waals surface area (Å²) in [5, 5.41) is 11.5. The van der Waals surface area contributed by atoms with Gasteiger partial charge in [-0.3, -0.25) is 4.90 Å². The summed E-state index contributed by atoms with van der Waals surface area (Å²) in [4.78, 5) is 1.70. The molecule has 2 aromatic rings. The number of ether oxygens (including phenoxy) is 1. The minimum Gasteiger partial charge on any atom is -0.487 e. The Hall–Kier alpha value is -1.23. The number of nitrogens with zero attached hydrogens (tertiary/aromatic N) is 2. The molecule has 1 unspecified atom stereocenters. The number of aryl methyl sites for hydroxylation is 1. The summed E-state index contributed by atoms with van der Waals surface area (Å²) in [5.41, 5.74) is 1.96. The highest BCUT2D eigenvalue weighted by atomic mass is 35.5. The Balaban J connectivity index is 2.36. The van der Waals surface area contributed by atoms with Crippen LogP contribution in [0.4, 0.5) is 0 Å². The van der Waals surface area contributed by atoms with Crippen molar-refractivity contribution in [3.8, 4) is 5.75 Å². The van der Waals surface area contributed by atoms with E-state index < -0.39 is 6.23 Å². The van der Waals surface area contributed by atoms with Crippen molar-refractivity contribution < 1.29 is 9.84 Å². The highest BCUT2D eigenvalue weighted by Crippen LogP contribution is 2.34. The van der Waals surface area contributed by atoms with Crippen LogP contribution in [-0.4, -0.2) is 41.5 Å². The molecule has 2 rings (SSSR count). The number of aliphatic hydroxyl groups excluding tert-OH is 1. The van der Waals surface area contributed by atoms with Crippen LogP contribution in [0.3, 0.4) is 0 Å². The third kappa shape index (κ3) is 2.56. The average molecular weight is 283 g/mol. The first-order valence-corrected chi connectivity index (χ1v) is 6.52. The molecule has 1 heterocycles. The van der Waals surface area contributed by atoms with Gasteiger partial charge in [-0.05, 0) is 27.1 Å². The molecular weight excluding hydrogens is 264 g/mol. The van der Waals surface area contributed by atoms with Gasteiger partial charge in [0.1, 0.15) is 18.6 Å². The van der Waals surface area contributed by atoms with Crippen LogP contribution >= 0.6 is 11.6 Å². The van der Waals surface area contributed by atoms with Crippen molar-refractivity contribution in [1.82, 2.24) is 9.47 Å². The van der Waals surface area contributed by atoms with Crippen LogP contribution in [0.1, 0.15) is 5.69 Å². The topological polar surface area (TPSA) is 37.6 Å². The van der Waals surface area contributed by atoms with E-state index in [0.29, 0.717) is 0 Å². The van der Waals surface area contributed by atoms with Crippen LogP contribution in [0.15, 0.2) is 18.2 Å². The number of rotatable bonds is 4. The van der Waals surface area contributed by atoms with Crippen molar-refractivity contribution in [3.05, 3.63) is 28.9 Å². The first-order valence-electron chi connectivity index (χ1n) is 6.14. The molecule has 0 amide bonds. The lowest BCUT2D eigenvalue weighted by Gasteiger charge is -2.19. The number of hydrogen-bond donors (Lipinski definition) is 1. The highest BCUT2D eigenvalue weighted by Gasteiger charge is 2.15. The Bertz CT molecular complexity index is 593. The molecule has 0 bridgehead atoms. The van der Waals surface area contributed by atoms with Crippen molar-refractivity contribution in [3.63, 3.8) is 0 Å². The monoisotopic (exact) mass is 282 g/mol. The Labute approximate surface area is 118 Å². The SMILES string of the molecule is Cc1c(Cl)c2cccc(OCC(O)N(C)C)c2n1C. The Morgan fingerprint density at radius 2 is 2.11 bits per heavy atom. The average Bonchev–Trinajstić information content (AvgIpc) is 2.61. The smallest absolute Gasteiger partial charge is 0.143 e. The number of likely N-dealkylation sites (N-methyl/N-ethyl adjacent to an activating group) is 1. The summed E-state index contributed by atoms with van der Waals surface area (Å²) in [7, 11) is 5.56. The molecule has 4 nitrogen and oxygen atoms in total. The molecule has 0 fully saturated rings. The Morgan fingerprint density at radius 1 is 1.42 bits per heavy atom. The predicted molar refractivity (Wildman–Crippen MR) is 77.9 cm³/mol. The van der Waals surface area contributed by atoms with E-state index in [1.807, 2.05) is 36.7 Å². The second kappa shape index (κ2) is 5.41. The van der Waals surface area contributed by atoms with Crippen molar-refractivity contribution in [2.24, 2.45) is 7.05 Å². The number of fused-ring (bicyclic) bond motifs is 1. The standard InChI is InChI=1S/C14H19ClN2O2/c1-9-13(15)10-6-5-7-11(14(10)17(9)4)19-8-12(18)16(2)3/h5-7,12,18H,8H2,1-4H3. The molecule has 0 aliphatic carbocycles. The normalized spacial score (nSPS) is 13.2. The zero-order valence-corrected chi connectivity index (χ0v) is 12.4. The number of aromatic nitrogens is 1. The Kier molecular flexibility index (Phi) is 4.04. The van der Waals surface area contributed by atoms with Crippen molar-refractivity contribution >= 4 is 22.5 Å². The molecule has 0 aliphatic rings. The third-order valence-electron chi connectivity index (χ3n) is 3.38. The summed E-state index contributed by atoms with van der Waals surface area (Å²) in [6, 6.07) is 5.77. The van der Waals surface area contributed by atoms with E-state index >= 15 is 0 Å². The molecule has 1 atom stereocenters. The van der Waals surface area contributed by atoms with Crippen LogP contribution in [-0.2, 0) is 7.05 Å². The second-order valence-corrected chi connectivity index (χ2v) is 5.24. The zero-order chi connectivity index (χ0) is 14.2. The maximum Gasteiger partial charge on any atom is 0.143 e. The molecule has 0 spiro atoms. The van der Waals surface area contributed by atoms with Crippen LogP contribution in [0, 0.1) is 6.92 Å². The summed E-state index contributed by atoms with van der Waals surface area (Å²) in [6.07, 6.45) is -0.632. The van der Waals surface area contributed by atoms with Gasteiger partial charge in [-0.15, -0.1) is 0 Å². The molecule has 19 heavy (non-hydrogen) atoms. The quantitative estimate of drug-likeness (QED) is 0.875. The number of benzene rings is 1. The fourth-order valence-corrected chi connectivity index (χ4v) is 2.26. The first-order chi connectivity index (χ1) is 8.93. The van der Waals surface area contributed by atoms with Crippen molar-refractivity contribution in [2.45, 2.75) is 13.2 Å². The van der Waals surface area contributed by atoms with E-state index in [4.69, 9.17) is 16.3 Å². The van der Waals surface area contributed by atoms with E-state index in [2.05, 4.69) is 0 Å². The lowest BCUT2D eigenvalue weighted by Crippen LogP contribution is -2.33. The summed E-state index contributed by atoms with van der Waals surface area (Å²) >= 11 is 6.30. The van der Waals surface area contributed by atoms with E-state index in [0.717, 1.165) is 27.4 Å². The molecule has 1 aromatic carbocycles. The lowest BCUT2D eigenvalue weighted by atomic mass is 10.2. The van der Waals surface area contributed by atoms with Crippen molar-refractivity contribution in [1.29, 1.82) is 0 Å². The van der Waals surface area contributed by atoms with Crippen LogP contribution in [0.25, 0.3) is 10.9 Å². The molecule has 1 N–H and O–H groups in total. The van der Waals surface area contributed by atoms with Crippen LogP contribution in [0.5, 0.6) is 5.75 Å². The summed E-state index contributed by atoms with van der Waals surface area (Å²) in [6.45, 7) is 2.19. The van der Waals surface area contributed by atoms with Gasteiger partial charge in [0.2, 0.25) is 0 Å². The molecule has 0 saturated carbocycles. The first kappa shape index (κ1) is 14.2. The molecule has 0 radical (unpaired) electrons. The van der Waals surface area contributed by atoms with E-state index in [9.17, 15) is 5.11 Å². The van der Waals surface area contributed by atoms with E-state index in [-0.39, 0.29) is 6.61 Å². The maximum absolute atomic E-state index is 9.76. The number of hydrogen-bond acceptors (Lipinski definition) is 3. The van der Waals surface area contributed by atoms with Crippen LogP contribution in [0.2, 0.25) is 5.02 Å². The number of aliphatic hydroxyl groups is 1. The van der Waals surface area contributed by atoms with Gasteiger partial charge in [0.25, 0.3) is 0 Å². The molecular formula is C14H19ClN2O2. The third-order valence-corrected chi connectivity index (χ3v) is 3.85. The summed E-state index contributed by atoms with van der Waals surface area (Å²) in [5.74, 6) is 0.732. The van der Waals surface area contributed by atoms with Gasteiger partial charge in [-0.1, -0.05) is 23.7 Å². The molecule has 1 aromatic heterocycles. The van der Waals surface area contributed by atoms with Gasteiger partial charge in [0.05, 0.1) is 10.5 Å². The molecule has 5 heteroatoms. The van der Waals surface area contributed by atoms with Crippen molar-refractivity contribution in [2.75, 3.05) is 20.7 Å². The maximum atomic E-state index is 9.76. The Morgan fingerprint density at radius 3 is 2.74 bits per heavy atom. The highest BCUT2D eigenvalue weighted by molar-refractivity contribution is 6.36. The van der Waals surface area contributed by atoms with Gasteiger partial charge in [0.15, 0.2) is 0 Å². The van der Waals surface area contributed by atoms with Crippen LogP contribution < -0.4 is 4.74 Å². The van der Waals surface area contributed by atoms with Gasteiger partial charge >= 0.3 is 0 Å². The molecule has 104 valence electrons. The fraction of sp³-hybridized carbons (Fsp3) is 0.429. The lowest BCUT2D eigenvalue weighted by molar-refractivity contribution is 0.00221. The fourth-order valence-electron chi connectivity index (χ4n) is 1.99. The van der Waals surface area contributed by atoms with Gasteiger partial charge < -0.3 is 14.4 Å². The number of halogens is 1. The van der Waals surface area contributed by atoms with E-state index in [1.54, 1.807) is 19.0 Å². The van der Waals surface area contributed by atoms with E-state index in [1.165, 1.54) is 0 Å².